The molecule has 6 aromatic rings. The summed E-state index contributed by atoms with van der Waals surface area (Å²) < 4.78 is 0. The van der Waals surface area contributed by atoms with E-state index in [2.05, 4.69) is 78.4 Å². The van der Waals surface area contributed by atoms with Crippen LogP contribution in [0.3, 0.4) is 0 Å². The molecule has 13 atom stereocenters. The minimum absolute atomic E-state index is 0.0223. The number of fused-ring (bicyclic) bond motifs is 2. The zero-order valence-electron chi connectivity index (χ0n) is 75.2. The maximum atomic E-state index is 15.7. The van der Waals surface area contributed by atoms with Crippen LogP contribution in [-0.2, 0) is 102 Å². The Morgan fingerprint density at radius 3 is 1.65 bits per heavy atom. The standard InChI is InChI=1S/C89H128N24O17S/c1-8-10-30-69(82(124)103-61(29-21-34-97-89(93)94)78(120)109-68(77(119)100-46-74(92)116)48-131-49-75(117)102-62(76(118)95-5)38-52-23-13-12-14-24-52)110(6)88(130)72(31-11-9-2)111(7)86(128)66(40-54-44-99-60-28-18-16-26-57(54)60)107-81(123)67(47-114)108-79(121)63(39-53-43-98-59-27-17-15-25-56(53)59)104-83(125)70-32-19-20-35-113(70)87(129)65(37-51(3)4)106-80(122)64(41-55-45-96-50-101-55)105-84(126)71-33-22-36-112(71)85(127)58(90)42-73(91)115/h12-18,23-28,43-45,50-51,58,61-72,98-99,114H,8-11,19-22,29-42,46-49,90H2,1-7H3,(H2,91,115)(H2,92,116)(H,95,118)(H,96,101)(H,100,119)(H,102,117)(H,103,124)(H,104,125)(H,105,126)(H,106,122)(H,107,123)(H,108,121)(H,109,120)(H4,93,94,97)/t58-,61-,62-,63-,64-,65-,66-,67-,68-,69-,70-,71-,72-/m0/s1. The third kappa shape index (κ3) is 30.6. The Morgan fingerprint density at radius 2 is 1.07 bits per heavy atom. The zero-order valence-corrected chi connectivity index (χ0v) is 76.0. The Bertz CT molecular complexity index is 4930. The number of piperidine rings is 1. The van der Waals surface area contributed by atoms with Gasteiger partial charge in [0.1, 0.15) is 72.5 Å². The molecule has 3 aromatic heterocycles. The number of likely N-dealkylation sites (tertiary alicyclic amines) is 2. The van der Waals surface area contributed by atoms with Crippen LogP contribution >= 0.6 is 11.8 Å². The van der Waals surface area contributed by atoms with Crippen LogP contribution in [0.25, 0.3) is 21.8 Å². The summed E-state index contributed by atoms with van der Waals surface area (Å²) in [6, 6.07) is 5.49. The number of thioether (sulfide) groups is 1. The number of hydrogen-bond acceptors (Lipinski definition) is 21. The van der Waals surface area contributed by atoms with Gasteiger partial charge in [-0.05, 0) is 98.9 Å². The smallest absolute Gasteiger partial charge is 0.245 e. The van der Waals surface area contributed by atoms with Crippen molar-refractivity contribution in [3.63, 3.8) is 0 Å². The monoisotopic (exact) mass is 1840 g/mol. The van der Waals surface area contributed by atoms with Crippen molar-refractivity contribution < 1.29 is 81.8 Å². The second-order valence-corrected chi connectivity index (χ2v) is 34.5. The maximum absolute atomic E-state index is 15.7. The fourth-order valence-electron chi connectivity index (χ4n) is 16.1. The van der Waals surface area contributed by atoms with Crippen molar-refractivity contribution in [1.82, 2.24) is 98.0 Å². The van der Waals surface area contributed by atoms with E-state index in [1.165, 1.54) is 53.3 Å². The molecule has 8 rings (SSSR count). The molecule has 0 aliphatic carbocycles. The molecule has 2 aliphatic heterocycles. The topological polar surface area (TPSA) is 627 Å². The number of amides is 16. The Balaban J connectivity index is 1.03. The van der Waals surface area contributed by atoms with E-state index in [0.717, 1.165) is 17.3 Å². The molecular formula is C89H128N24O17S. The van der Waals surface area contributed by atoms with Crippen molar-refractivity contribution in [2.24, 2.45) is 28.9 Å². The lowest BCUT2D eigenvalue weighted by Crippen LogP contribution is -2.62. The van der Waals surface area contributed by atoms with E-state index in [0.29, 0.717) is 83.6 Å². The minimum Gasteiger partial charge on any atom is -0.394 e. The second-order valence-electron chi connectivity index (χ2n) is 33.5. The van der Waals surface area contributed by atoms with E-state index in [1.54, 1.807) is 91.3 Å². The number of H-pyrrole nitrogens is 3. The van der Waals surface area contributed by atoms with Crippen LogP contribution in [0.4, 0.5) is 0 Å². The van der Waals surface area contributed by atoms with E-state index in [-0.39, 0.29) is 114 Å². The molecule has 712 valence electrons. The van der Waals surface area contributed by atoms with Crippen LogP contribution in [0.1, 0.15) is 146 Å². The highest BCUT2D eigenvalue weighted by Crippen LogP contribution is 2.27. The van der Waals surface area contributed by atoms with Crippen molar-refractivity contribution in [1.29, 1.82) is 5.41 Å². The first kappa shape index (κ1) is 103. The molecule has 42 heteroatoms. The Kier molecular flexibility index (Phi) is 40.6. The zero-order chi connectivity index (χ0) is 95.5. The number of para-hydroxylation sites is 2. The lowest BCUT2D eigenvalue weighted by molar-refractivity contribution is -0.149. The maximum Gasteiger partial charge on any atom is 0.245 e. The van der Waals surface area contributed by atoms with Crippen LogP contribution in [0.5, 0.6) is 0 Å². The van der Waals surface area contributed by atoms with E-state index < -0.39 is 193 Å². The summed E-state index contributed by atoms with van der Waals surface area (Å²) >= 11 is 0.912. The highest BCUT2D eigenvalue weighted by Gasteiger charge is 2.44. The molecule has 2 aliphatic rings. The summed E-state index contributed by atoms with van der Waals surface area (Å²) in [4.78, 5) is 247. The number of imidazole rings is 1. The number of carbonyl (C=O) groups excluding carboxylic acids is 16. The van der Waals surface area contributed by atoms with Gasteiger partial charge in [-0.15, -0.1) is 11.8 Å². The van der Waals surface area contributed by atoms with Crippen LogP contribution in [0, 0.1) is 11.3 Å². The summed E-state index contributed by atoms with van der Waals surface area (Å²) in [5.74, 6) is -13.7. The molecule has 0 radical (unpaired) electrons. The van der Waals surface area contributed by atoms with Gasteiger partial charge in [0.15, 0.2) is 5.96 Å². The summed E-state index contributed by atoms with van der Waals surface area (Å²) in [5, 5.41) is 50.0. The van der Waals surface area contributed by atoms with Crippen molar-refractivity contribution in [3.05, 3.63) is 126 Å². The first-order valence-corrected chi connectivity index (χ1v) is 45.6. The quantitative estimate of drug-likeness (QED) is 0.0118. The van der Waals surface area contributed by atoms with Crippen molar-refractivity contribution in [2.75, 3.05) is 65.4 Å². The number of rotatable bonds is 52. The molecule has 0 unspecified atom stereocenters. The average Bonchev–Trinajstić information content (AvgIpc) is 1.77. The van der Waals surface area contributed by atoms with Gasteiger partial charge < -0.3 is 121 Å². The highest BCUT2D eigenvalue weighted by atomic mass is 32.2. The summed E-state index contributed by atoms with van der Waals surface area (Å²) in [5.41, 5.74) is 26.0. The Labute approximate surface area is 764 Å². The minimum atomic E-state index is -1.84. The molecule has 0 spiro atoms. The predicted octanol–water partition coefficient (Wildman–Crippen LogP) is -1.49. The molecule has 24 N–H and O–H groups in total. The first-order valence-electron chi connectivity index (χ1n) is 44.4. The van der Waals surface area contributed by atoms with Gasteiger partial charge in [0, 0.05) is 118 Å². The molecule has 0 bridgehead atoms. The van der Waals surface area contributed by atoms with Crippen LogP contribution in [0.15, 0.2) is 104 Å². The van der Waals surface area contributed by atoms with Gasteiger partial charge in [-0.2, -0.15) is 0 Å². The number of aliphatic hydroxyl groups is 1. The summed E-state index contributed by atoms with van der Waals surface area (Å²) in [6.45, 7) is 5.91. The number of unbranched alkanes of at least 4 members (excludes halogenated alkanes) is 2. The van der Waals surface area contributed by atoms with Crippen LogP contribution in [-0.4, -0.2) is 289 Å². The van der Waals surface area contributed by atoms with Gasteiger partial charge in [0.05, 0.1) is 37.7 Å². The Hall–Kier alpha value is -13.0. The van der Waals surface area contributed by atoms with E-state index in [4.69, 9.17) is 28.3 Å². The predicted molar refractivity (Wildman–Crippen MR) is 489 cm³/mol. The number of primary amides is 2. The number of aromatic amines is 3. The van der Waals surface area contributed by atoms with Gasteiger partial charge in [-0.25, -0.2) is 4.98 Å². The van der Waals surface area contributed by atoms with Crippen LogP contribution in [0.2, 0.25) is 0 Å². The van der Waals surface area contributed by atoms with E-state index in [1.807, 2.05) is 27.7 Å². The molecule has 2 fully saturated rings. The fraction of sp³-hybridized carbons (Fsp3) is 0.528. The van der Waals surface area contributed by atoms with E-state index >= 15 is 33.6 Å². The summed E-state index contributed by atoms with van der Waals surface area (Å²) in [6.07, 6.45) is 8.67. The molecular weight excluding hydrogens is 1710 g/mol. The lowest BCUT2D eigenvalue weighted by atomic mass is 9.96. The normalized spacial score (nSPS) is 16.2. The number of aliphatic hydroxyl groups excluding tert-OH is 1. The van der Waals surface area contributed by atoms with Crippen molar-refractivity contribution >= 4 is 134 Å². The largest absolute Gasteiger partial charge is 0.394 e. The highest BCUT2D eigenvalue weighted by molar-refractivity contribution is 8.00. The lowest BCUT2D eigenvalue weighted by Gasteiger charge is -2.38. The van der Waals surface area contributed by atoms with Crippen molar-refractivity contribution in [3.8, 4) is 0 Å². The number of nitrogens with one attached hydrogen (secondary N) is 15. The molecule has 2 saturated heterocycles. The summed E-state index contributed by atoms with van der Waals surface area (Å²) in [7, 11) is 4.17. The number of benzene rings is 3. The van der Waals surface area contributed by atoms with Gasteiger partial charge in [0.2, 0.25) is 94.5 Å². The van der Waals surface area contributed by atoms with Gasteiger partial charge in [-0.1, -0.05) is 120 Å². The fourth-order valence-corrected chi connectivity index (χ4v) is 17.0. The molecule has 16 amide bonds. The second kappa shape index (κ2) is 51.4. The number of likely N-dealkylation sites (N-methyl/N-ethyl adjacent to an activating group) is 3. The van der Waals surface area contributed by atoms with Gasteiger partial charge >= 0.3 is 0 Å². The molecule has 131 heavy (non-hydrogen) atoms. The number of hydrogen-bond donors (Lipinski definition) is 20. The molecule has 5 heterocycles. The SMILES string of the molecule is CCCC[C@@H](C(=O)N(C)[C@@H](CCCC)C(=O)N[C@@H](CCCNC(=N)N)C(=O)N[C@@H](CSCC(=O)N[C@@H](Cc1ccccc1)C(=O)NC)C(=O)NCC(N)=O)N(C)C(=O)[C@H](Cc1c[nH]c2ccccc12)NC(=O)[C@H](CO)NC(=O)[C@H](Cc1c[nH]c2ccccc12)NC(=O)[C@@H]1CCCCN1C(=O)[C@H](CC(C)C)NC(=O)[C@H](Cc1cnc[nH]1)NC(=O)[C@@H]1CCCN1C(=O)[C@@H](N)CC(N)=O. The van der Waals surface area contributed by atoms with Gasteiger partial charge in [-0.3, -0.25) is 82.1 Å². The number of aromatic nitrogens is 4. The van der Waals surface area contributed by atoms with Gasteiger partial charge in [0.25, 0.3) is 0 Å². The van der Waals surface area contributed by atoms with Crippen LogP contribution < -0.4 is 81.4 Å². The molecule has 0 saturated carbocycles. The third-order valence-electron chi connectivity index (χ3n) is 23.1. The number of nitrogens with zero attached hydrogens (tertiary/aromatic N) is 5. The third-order valence-corrected chi connectivity index (χ3v) is 24.2. The molecule has 3 aromatic carbocycles. The number of guanidine groups is 1. The van der Waals surface area contributed by atoms with Crippen molar-refractivity contribution in [2.45, 2.75) is 228 Å². The van der Waals surface area contributed by atoms with E-state index in [9.17, 15) is 48.3 Å². The molecule has 41 nitrogen and oxygen atoms in total. The Morgan fingerprint density at radius 1 is 0.542 bits per heavy atom. The number of carbonyl (C=O) groups is 16. The number of nitrogens with two attached hydrogens (primary N) is 4. The first-order chi connectivity index (χ1) is 62.6. The average molecular weight is 1840 g/mol.